The second-order valence-electron chi connectivity index (χ2n) is 6.32. The number of carbonyl (C=O) groups excluding carboxylic acids is 2. The van der Waals surface area contributed by atoms with Crippen molar-refractivity contribution in [2.45, 2.75) is 38.4 Å². The van der Waals surface area contributed by atoms with E-state index in [1.807, 2.05) is 4.90 Å². The number of nitrogens with one attached hydrogen (secondary N) is 1. The van der Waals surface area contributed by atoms with Gasteiger partial charge in [0.25, 0.3) is 5.91 Å². The normalized spacial score (nSPS) is 28.2. The number of amides is 2. The van der Waals surface area contributed by atoms with Crippen LogP contribution in [-0.4, -0.2) is 64.9 Å². The number of likely N-dealkylation sites (tertiary alicyclic amines) is 2. The molecule has 3 atom stereocenters. The third-order valence-corrected chi connectivity index (χ3v) is 5.35. The Kier molecular flexibility index (Phi) is 4.18. The second-order valence-corrected chi connectivity index (χ2v) is 7.04. The lowest BCUT2D eigenvalue weighted by Crippen LogP contribution is -2.50. The number of carbonyl (C=O) groups is 2. The molecule has 120 valence electrons. The third kappa shape index (κ3) is 2.52. The van der Waals surface area contributed by atoms with Gasteiger partial charge in [-0.3, -0.25) is 14.5 Å². The Morgan fingerprint density at radius 1 is 1.41 bits per heavy atom. The SMILES string of the molecule is CNC(=O)[C@H]1C[C@@H]2CN(C(=O)c3cscn3)C[C@@H]2N1C(C)C. The van der Waals surface area contributed by atoms with Gasteiger partial charge in [-0.2, -0.15) is 0 Å². The molecule has 3 heterocycles. The molecular weight excluding hydrogens is 300 g/mol. The van der Waals surface area contributed by atoms with Crippen molar-refractivity contribution in [3.8, 4) is 0 Å². The summed E-state index contributed by atoms with van der Waals surface area (Å²) >= 11 is 1.44. The highest BCUT2D eigenvalue weighted by atomic mass is 32.1. The van der Waals surface area contributed by atoms with Crippen molar-refractivity contribution in [1.82, 2.24) is 20.1 Å². The number of likely N-dealkylation sites (N-methyl/N-ethyl adjacent to an activating group) is 1. The topological polar surface area (TPSA) is 65.5 Å². The van der Waals surface area contributed by atoms with Crippen molar-refractivity contribution >= 4 is 23.2 Å². The molecule has 2 amide bonds. The average Bonchev–Trinajstić information content (AvgIpc) is 3.19. The number of nitrogens with zero attached hydrogens (tertiary/aromatic N) is 3. The Hall–Kier alpha value is -1.47. The smallest absolute Gasteiger partial charge is 0.273 e. The predicted molar refractivity (Wildman–Crippen MR) is 84.7 cm³/mol. The maximum absolute atomic E-state index is 12.5. The fraction of sp³-hybridized carbons (Fsp3) is 0.667. The molecule has 22 heavy (non-hydrogen) atoms. The van der Waals surface area contributed by atoms with Crippen LogP contribution in [0.2, 0.25) is 0 Å². The van der Waals surface area contributed by atoms with Gasteiger partial charge in [-0.25, -0.2) is 4.98 Å². The van der Waals surface area contributed by atoms with Crippen LogP contribution in [0.1, 0.15) is 30.8 Å². The summed E-state index contributed by atoms with van der Waals surface area (Å²) in [5.41, 5.74) is 2.22. The van der Waals surface area contributed by atoms with Gasteiger partial charge in [0.05, 0.1) is 11.6 Å². The van der Waals surface area contributed by atoms with E-state index in [1.54, 1.807) is 17.9 Å². The van der Waals surface area contributed by atoms with Crippen molar-refractivity contribution in [2.75, 3.05) is 20.1 Å². The first-order valence-electron chi connectivity index (χ1n) is 7.69. The van der Waals surface area contributed by atoms with E-state index in [0.717, 1.165) is 13.0 Å². The van der Waals surface area contributed by atoms with Crippen LogP contribution >= 0.6 is 11.3 Å². The number of fused-ring (bicyclic) bond motifs is 1. The van der Waals surface area contributed by atoms with E-state index in [0.29, 0.717) is 18.2 Å². The van der Waals surface area contributed by atoms with E-state index in [1.165, 1.54) is 11.3 Å². The molecule has 1 aromatic heterocycles. The zero-order valence-electron chi connectivity index (χ0n) is 13.2. The summed E-state index contributed by atoms with van der Waals surface area (Å²) in [5, 5.41) is 4.56. The van der Waals surface area contributed by atoms with Crippen LogP contribution in [0.25, 0.3) is 0 Å². The van der Waals surface area contributed by atoms with Crippen molar-refractivity contribution in [3.05, 3.63) is 16.6 Å². The number of aromatic nitrogens is 1. The molecule has 0 aliphatic carbocycles. The number of thiazole rings is 1. The van der Waals surface area contributed by atoms with Crippen molar-refractivity contribution in [3.63, 3.8) is 0 Å². The van der Waals surface area contributed by atoms with Gasteiger partial charge >= 0.3 is 0 Å². The minimum atomic E-state index is -0.0727. The van der Waals surface area contributed by atoms with Crippen molar-refractivity contribution < 1.29 is 9.59 Å². The van der Waals surface area contributed by atoms with E-state index < -0.39 is 0 Å². The lowest BCUT2D eigenvalue weighted by atomic mass is 10.0. The molecule has 1 aromatic rings. The van der Waals surface area contributed by atoms with Crippen LogP contribution in [0.5, 0.6) is 0 Å². The minimum absolute atomic E-state index is 0.0100. The van der Waals surface area contributed by atoms with E-state index in [9.17, 15) is 9.59 Å². The van der Waals surface area contributed by atoms with Crippen LogP contribution in [-0.2, 0) is 4.79 Å². The first-order valence-corrected chi connectivity index (χ1v) is 8.63. The average molecular weight is 322 g/mol. The molecule has 2 saturated heterocycles. The molecule has 0 aromatic carbocycles. The van der Waals surface area contributed by atoms with Crippen LogP contribution in [0, 0.1) is 5.92 Å². The Morgan fingerprint density at radius 3 is 2.77 bits per heavy atom. The Morgan fingerprint density at radius 2 is 2.18 bits per heavy atom. The lowest BCUT2D eigenvalue weighted by Gasteiger charge is -2.32. The van der Waals surface area contributed by atoms with Gasteiger partial charge in [-0.05, 0) is 26.2 Å². The first-order chi connectivity index (χ1) is 10.5. The monoisotopic (exact) mass is 322 g/mol. The quantitative estimate of drug-likeness (QED) is 0.894. The molecule has 0 radical (unpaired) electrons. The summed E-state index contributed by atoms with van der Waals surface area (Å²) in [5.74, 6) is 0.462. The molecule has 3 rings (SSSR count). The zero-order chi connectivity index (χ0) is 15.9. The van der Waals surface area contributed by atoms with Crippen LogP contribution < -0.4 is 5.32 Å². The molecule has 7 heteroatoms. The third-order valence-electron chi connectivity index (χ3n) is 4.76. The van der Waals surface area contributed by atoms with Gasteiger partial charge in [-0.1, -0.05) is 0 Å². The van der Waals surface area contributed by atoms with Gasteiger partial charge in [0.15, 0.2) is 0 Å². The molecule has 2 aliphatic heterocycles. The van der Waals surface area contributed by atoms with E-state index in [-0.39, 0.29) is 29.9 Å². The molecule has 2 fully saturated rings. The Labute approximate surface area is 134 Å². The number of hydrogen-bond donors (Lipinski definition) is 1. The van der Waals surface area contributed by atoms with E-state index in [4.69, 9.17) is 0 Å². The number of hydrogen-bond acceptors (Lipinski definition) is 5. The summed E-state index contributed by atoms with van der Waals surface area (Å²) in [6.07, 6.45) is 0.823. The molecule has 2 aliphatic rings. The summed E-state index contributed by atoms with van der Waals surface area (Å²) in [6, 6.07) is 0.480. The summed E-state index contributed by atoms with van der Waals surface area (Å²) < 4.78 is 0. The number of rotatable bonds is 3. The molecule has 0 bridgehead atoms. The molecule has 6 nitrogen and oxygen atoms in total. The summed E-state index contributed by atoms with van der Waals surface area (Å²) in [6.45, 7) is 5.64. The first kappa shape index (κ1) is 15.4. The molecule has 0 unspecified atom stereocenters. The molecule has 1 N–H and O–H groups in total. The van der Waals surface area contributed by atoms with Crippen molar-refractivity contribution in [2.24, 2.45) is 5.92 Å². The van der Waals surface area contributed by atoms with Gasteiger partial charge < -0.3 is 10.2 Å². The highest BCUT2D eigenvalue weighted by molar-refractivity contribution is 7.07. The minimum Gasteiger partial charge on any atom is -0.358 e. The Balaban J connectivity index is 1.75. The van der Waals surface area contributed by atoms with E-state index in [2.05, 4.69) is 29.0 Å². The highest BCUT2D eigenvalue weighted by Crippen LogP contribution is 2.37. The van der Waals surface area contributed by atoms with Gasteiger partial charge in [0, 0.05) is 37.6 Å². The standard InChI is InChI=1S/C15H22N4O2S/c1-9(2)19-12(14(20)16-3)4-10-5-18(6-13(10)19)15(21)11-7-22-8-17-11/h7-10,12-13H,4-6H2,1-3H3,(H,16,20)/t10-,12-,13+/m1/s1. The Bertz CT molecular complexity index is 560. The lowest BCUT2D eigenvalue weighted by molar-refractivity contribution is -0.126. The largest absolute Gasteiger partial charge is 0.358 e. The zero-order valence-corrected chi connectivity index (χ0v) is 14.0. The maximum Gasteiger partial charge on any atom is 0.273 e. The second kappa shape index (κ2) is 5.96. The van der Waals surface area contributed by atoms with Crippen LogP contribution in [0.3, 0.4) is 0 Å². The summed E-state index contributed by atoms with van der Waals surface area (Å²) in [4.78, 5) is 32.9. The molecule has 0 spiro atoms. The fourth-order valence-electron chi connectivity index (χ4n) is 3.86. The van der Waals surface area contributed by atoms with Crippen molar-refractivity contribution in [1.29, 1.82) is 0 Å². The fourth-order valence-corrected chi connectivity index (χ4v) is 4.39. The van der Waals surface area contributed by atoms with Gasteiger partial charge in [0.1, 0.15) is 5.69 Å². The van der Waals surface area contributed by atoms with Crippen LogP contribution in [0.4, 0.5) is 0 Å². The maximum atomic E-state index is 12.5. The predicted octanol–water partition coefficient (Wildman–Crippen LogP) is 0.812. The molecule has 0 saturated carbocycles. The molecular formula is C15H22N4O2S. The summed E-state index contributed by atoms with van der Waals surface area (Å²) in [7, 11) is 1.69. The van der Waals surface area contributed by atoms with E-state index >= 15 is 0 Å². The van der Waals surface area contributed by atoms with Gasteiger partial charge in [0.2, 0.25) is 5.91 Å². The van der Waals surface area contributed by atoms with Crippen LogP contribution in [0.15, 0.2) is 10.9 Å². The highest BCUT2D eigenvalue weighted by Gasteiger charge is 2.50. The van der Waals surface area contributed by atoms with Gasteiger partial charge in [-0.15, -0.1) is 11.3 Å².